The van der Waals surface area contributed by atoms with Crippen LogP contribution in [-0.4, -0.2) is 38.5 Å². The van der Waals surface area contributed by atoms with E-state index in [0.717, 1.165) is 12.1 Å². The summed E-state index contributed by atoms with van der Waals surface area (Å²) in [5.74, 6) is -3.08. The number of nitro groups is 1. The number of amides is 1. The summed E-state index contributed by atoms with van der Waals surface area (Å²) in [4.78, 5) is 47.3. The SMILES string of the molecule is CC(C)(C)OC(=O)Nc1ccc([N+](=O)[O-])c(CC(=O)C(=O)O)n1. The van der Waals surface area contributed by atoms with Crippen LogP contribution in [0.5, 0.6) is 0 Å². The summed E-state index contributed by atoms with van der Waals surface area (Å²) >= 11 is 0. The van der Waals surface area contributed by atoms with Gasteiger partial charge in [0, 0.05) is 6.07 Å². The Bertz CT molecular complexity index is 664. The number of hydrogen-bond acceptors (Lipinski definition) is 7. The van der Waals surface area contributed by atoms with E-state index in [1.165, 1.54) is 0 Å². The number of nitrogens with one attached hydrogen (secondary N) is 1. The van der Waals surface area contributed by atoms with Gasteiger partial charge in [-0.05, 0) is 26.8 Å². The monoisotopic (exact) mass is 325 g/mol. The topological polar surface area (TPSA) is 149 Å². The molecule has 1 amide bonds. The lowest BCUT2D eigenvalue weighted by atomic mass is 10.1. The number of Topliss-reactive ketones (excluding diaryl/α,β-unsaturated/α-hetero) is 1. The maximum Gasteiger partial charge on any atom is 0.413 e. The highest BCUT2D eigenvalue weighted by atomic mass is 16.6. The average molecular weight is 325 g/mol. The fourth-order valence-corrected chi connectivity index (χ4v) is 1.50. The molecule has 1 rings (SSSR count). The van der Waals surface area contributed by atoms with Gasteiger partial charge in [0.25, 0.3) is 5.69 Å². The van der Waals surface area contributed by atoms with Gasteiger partial charge in [0.05, 0.1) is 11.3 Å². The quantitative estimate of drug-likeness (QED) is 0.470. The molecular formula is C13H15N3O7. The number of hydrogen-bond donors (Lipinski definition) is 2. The molecule has 0 atom stereocenters. The third-order valence-corrected chi connectivity index (χ3v) is 2.34. The van der Waals surface area contributed by atoms with Crippen LogP contribution in [0.15, 0.2) is 12.1 Å². The van der Waals surface area contributed by atoms with Crippen molar-refractivity contribution in [1.82, 2.24) is 4.98 Å². The molecular weight excluding hydrogens is 310 g/mol. The van der Waals surface area contributed by atoms with E-state index in [0.29, 0.717) is 0 Å². The van der Waals surface area contributed by atoms with Gasteiger partial charge in [-0.3, -0.25) is 20.2 Å². The molecule has 0 aliphatic carbocycles. The molecule has 0 fully saturated rings. The van der Waals surface area contributed by atoms with E-state index >= 15 is 0 Å². The van der Waals surface area contributed by atoms with Gasteiger partial charge in [-0.25, -0.2) is 14.6 Å². The van der Waals surface area contributed by atoms with Gasteiger partial charge in [0.2, 0.25) is 5.78 Å². The molecule has 0 saturated heterocycles. The molecule has 0 aliphatic heterocycles. The molecule has 1 aromatic heterocycles. The van der Waals surface area contributed by atoms with E-state index in [1.807, 2.05) is 0 Å². The molecule has 0 saturated carbocycles. The van der Waals surface area contributed by atoms with E-state index in [4.69, 9.17) is 9.84 Å². The average Bonchev–Trinajstić information content (AvgIpc) is 2.35. The number of carbonyl (C=O) groups excluding carboxylic acids is 2. The van der Waals surface area contributed by atoms with Crippen LogP contribution in [0, 0.1) is 10.1 Å². The number of ketones is 1. The Balaban J connectivity index is 3.04. The lowest BCUT2D eigenvalue weighted by molar-refractivity contribution is -0.385. The summed E-state index contributed by atoms with van der Waals surface area (Å²) in [6.45, 7) is 4.94. The van der Waals surface area contributed by atoms with Crippen molar-refractivity contribution >= 4 is 29.4 Å². The minimum absolute atomic E-state index is 0.0990. The Morgan fingerprint density at radius 1 is 1.35 bits per heavy atom. The zero-order valence-corrected chi connectivity index (χ0v) is 12.7. The Labute approximate surface area is 130 Å². The number of carboxylic acid groups (broad SMARTS) is 1. The number of aromatic nitrogens is 1. The summed E-state index contributed by atoms with van der Waals surface area (Å²) in [6.07, 6.45) is -1.61. The van der Waals surface area contributed by atoms with Gasteiger partial charge in [-0.1, -0.05) is 0 Å². The molecule has 2 N–H and O–H groups in total. The highest BCUT2D eigenvalue weighted by Crippen LogP contribution is 2.20. The van der Waals surface area contributed by atoms with Gasteiger partial charge < -0.3 is 9.84 Å². The molecule has 0 aromatic carbocycles. The fraction of sp³-hybridized carbons (Fsp3) is 0.385. The highest BCUT2D eigenvalue weighted by molar-refractivity contribution is 6.33. The highest BCUT2D eigenvalue weighted by Gasteiger charge is 2.23. The maximum atomic E-state index is 11.6. The van der Waals surface area contributed by atoms with Crippen LogP contribution in [0.2, 0.25) is 0 Å². The van der Waals surface area contributed by atoms with Crippen LogP contribution in [-0.2, 0) is 20.7 Å². The molecule has 1 aromatic rings. The third-order valence-electron chi connectivity index (χ3n) is 2.34. The van der Waals surface area contributed by atoms with E-state index < -0.39 is 40.5 Å². The number of pyridine rings is 1. The Hall–Kier alpha value is -3.04. The number of nitrogens with zero attached hydrogens (tertiary/aromatic N) is 2. The third kappa shape index (κ3) is 5.69. The van der Waals surface area contributed by atoms with Gasteiger partial charge in [-0.2, -0.15) is 0 Å². The summed E-state index contributed by atoms with van der Waals surface area (Å²) in [5, 5.41) is 21.7. The van der Waals surface area contributed by atoms with Crippen LogP contribution in [0.1, 0.15) is 26.5 Å². The Kier molecular flexibility index (Phi) is 5.34. The van der Waals surface area contributed by atoms with E-state index in [2.05, 4.69) is 10.3 Å². The van der Waals surface area contributed by atoms with Crippen molar-refractivity contribution in [3.05, 3.63) is 27.9 Å². The first kappa shape index (κ1) is 18.0. The predicted molar refractivity (Wildman–Crippen MR) is 77.1 cm³/mol. The molecule has 10 heteroatoms. The summed E-state index contributed by atoms with van der Waals surface area (Å²) in [5.41, 5.74) is -1.64. The fourth-order valence-electron chi connectivity index (χ4n) is 1.50. The number of ether oxygens (including phenoxy) is 1. The van der Waals surface area contributed by atoms with Crippen molar-refractivity contribution in [1.29, 1.82) is 0 Å². The van der Waals surface area contributed by atoms with Crippen LogP contribution in [0.25, 0.3) is 0 Å². The van der Waals surface area contributed by atoms with Crippen molar-refractivity contribution in [2.24, 2.45) is 0 Å². The first-order valence-electron chi connectivity index (χ1n) is 6.40. The molecule has 23 heavy (non-hydrogen) atoms. The molecule has 0 unspecified atom stereocenters. The molecule has 0 spiro atoms. The standard InChI is InChI=1S/C13H15N3O7/c1-13(2,3)23-12(20)15-10-5-4-8(16(21)22)7(14-10)6-9(17)11(18)19/h4-5H,6H2,1-3H3,(H,18,19)(H,14,15,20). The molecule has 124 valence electrons. The van der Waals surface area contributed by atoms with Crippen molar-refractivity contribution < 1.29 is 29.2 Å². The number of carboxylic acids is 1. The number of anilines is 1. The van der Waals surface area contributed by atoms with Gasteiger partial charge in [0.15, 0.2) is 0 Å². The first-order chi connectivity index (χ1) is 10.5. The minimum atomic E-state index is -1.73. The summed E-state index contributed by atoms with van der Waals surface area (Å²) in [6, 6.07) is 2.17. The van der Waals surface area contributed by atoms with E-state index in [9.17, 15) is 24.5 Å². The smallest absolute Gasteiger partial charge is 0.413 e. The van der Waals surface area contributed by atoms with Crippen molar-refractivity contribution in [3.63, 3.8) is 0 Å². The first-order valence-corrected chi connectivity index (χ1v) is 6.40. The van der Waals surface area contributed by atoms with Crippen molar-refractivity contribution in [3.8, 4) is 0 Å². The van der Waals surface area contributed by atoms with Crippen LogP contribution >= 0.6 is 0 Å². The number of aliphatic carboxylic acids is 1. The zero-order valence-electron chi connectivity index (χ0n) is 12.7. The molecule has 0 aliphatic rings. The summed E-state index contributed by atoms with van der Waals surface area (Å²) < 4.78 is 4.99. The number of rotatable bonds is 5. The Morgan fingerprint density at radius 3 is 2.43 bits per heavy atom. The van der Waals surface area contributed by atoms with Crippen molar-refractivity contribution in [2.75, 3.05) is 5.32 Å². The van der Waals surface area contributed by atoms with E-state index in [-0.39, 0.29) is 11.5 Å². The molecule has 0 bridgehead atoms. The van der Waals surface area contributed by atoms with Crippen LogP contribution in [0.3, 0.4) is 0 Å². The zero-order chi connectivity index (χ0) is 17.8. The van der Waals surface area contributed by atoms with Gasteiger partial charge in [-0.15, -0.1) is 0 Å². The van der Waals surface area contributed by atoms with Crippen LogP contribution < -0.4 is 5.32 Å². The summed E-state index contributed by atoms with van der Waals surface area (Å²) in [7, 11) is 0. The number of carbonyl (C=O) groups is 3. The molecule has 1 heterocycles. The largest absolute Gasteiger partial charge is 0.475 e. The maximum absolute atomic E-state index is 11.6. The second-order valence-corrected chi connectivity index (χ2v) is 5.45. The normalized spacial score (nSPS) is 10.7. The second kappa shape index (κ2) is 6.81. The van der Waals surface area contributed by atoms with E-state index in [1.54, 1.807) is 20.8 Å². The minimum Gasteiger partial charge on any atom is -0.475 e. The lowest BCUT2D eigenvalue weighted by Crippen LogP contribution is -2.27. The predicted octanol–water partition coefficient (Wildman–Crippen LogP) is 1.53. The lowest BCUT2D eigenvalue weighted by Gasteiger charge is -2.19. The van der Waals surface area contributed by atoms with Crippen LogP contribution in [0.4, 0.5) is 16.3 Å². The van der Waals surface area contributed by atoms with Crippen molar-refractivity contribution in [2.45, 2.75) is 32.8 Å². The van der Waals surface area contributed by atoms with Gasteiger partial charge in [0.1, 0.15) is 17.1 Å². The van der Waals surface area contributed by atoms with Gasteiger partial charge >= 0.3 is 12.1 Å². The molecule has 10 nitrogen and oxygen atoms in total. The Morgan fingerprint density at radius 2 is 1.96 bits per heavy atom. The second-order valence-electron chi connectivity index (χ2n) is 5.45. The molecule has 0 radical (unpaired) electrons.